The van der Waals surface area contributed by atoms with E-state index in [4.69, 9.17) is 33.0 Å². The van der Waals surface area contributed by atoms with Crippen molar-refractivity contribution in [3.05, 3.63) is 24.4 Å². The Bertz CT molecular complexity index is 505. The van der Waals surface area contributed by atoms with Gasteiger partial charge in [-0.05, 0) is 0 Å². The van der Waals surface area contributed by atoms with Crippen LogP contribution in [0.5, 0.6) is 0 Å². The predicted molar refractivity (Wildman–Crippen MR) is 195 cm³/mol. The van der Waals surface area contributed by atoms with Crippen molar-refractivity contribution < 1.29 is 94.6 Å². The zero-order valence-corrected chi connectivity index (χ0v) is 60.9. The van der Waals surface area contributed by atoms with Crippen LogP contribution in [0.25, 0.3) is 0 Å². The first-order valence-corrected chi connectivity index (χ1v) is 58.5. The Morgan fingerprint density at radius 1 is 0.477 bits per heavy atom. The van der Waals surface area contributed by atoms with E-state index in [0.717, 1.165) is 6.54 Å². The fraction of sp³-hybridized carbons (Fsp3) is 0.857. The number of hydrogen-bond donors (Lipinski definition) is 0. The maximum atomic E-state index is 5.83. The van der Waals surface area contributed by atoms with Crippen LogP contribution in [0.3, 0.4) is 0 Å². The quantitative estimate of drug-likeness (QED) is 0.268. The van der Waals surface area contributed by atoms with Gasteiger partial charge >= 0.3 is 379 Å². The van der Waals surface area contributed by atoms with Crippen molar-refractivity contribution in [3.63, 3.8) is 0 Å². The van der Waals surface area contributed by atoms with Crippen LogP contribution >= 0.6 is 33.0 Å². The molecule has 0 aromatic rings. The summed E-state index contributed by atoms with van der Waals surface area (Å²) in [5, 5.41) is 4.75. The Morgan fingerprint density at radius 2 is 0.750 bits per heavy atom. The Hall–Kier alpha value is 6.14. The van der Waals surface area contributed by atoms with Crippen LogP contribution < -0.4 is 0 Å². The van der Waals surface area contributed by atoms with E-state index in [-0.39, 0.29) is 0 Å². The summed E-state index contributed by atoms with van der Waals surface area (Å²) in [7, 11) is 23.2. The average Bonchev–Trinajstić information content (AvgIpc) is 3.08. The van der Waals surface area contributed by atoms with E-state index < -0.39 is 94.6 Å². The third-order valence-electron chi connectivity index (χ3n) is 5.89. The van der Waals surface area contributed by atoms with Crippen molar-refractivity contribution in [2.24, 2.45) is 0 Å². The molecule has 0 aromatic heterocycles. The van der Waals surface area contributed by atoms with Gasteiger partial charge in [-0.25, -0.2) is 0 Å². The SMILES string of the molecule is CC[SeH].CC[SeH].CC[SeH].CC[SeH].[Cl][Hg][N]1C=CC=CC1.[Cl][Hg][N]1CCCCC1.[Cl][Hg][N]1CCCCC1.[Cl][Hg][N]1CCCCC1. The van der Waals surface area contributed by atoms with E-state index >= 15 is 0 Å². The molecular weight excluding hydrogens is 1650 g/mol. The minimum atomic E-state index is -1.09. The zero-order valence-electron chi connectivity index (χ0n) is 28.4. The van der Waals surface area contributed by atoms with Gasteiger partial charge in [-0.1, -0.05) is 0 Å². The van der Waals surface area contributed by atoms with Gasteiger partial charge in [-0.2, -0.15) is 0 Å². The van der Waals surface area contributed by atoms with Crippen molar-refractivity contribution in [1.82, 2.24) is 10.7 Å². The van der Waals surface area contributed by atoms with Crippen LogP contribution in [0.4, 0.5) is 0 Å². The molecule has 4 nitrogen and oxygen atoms in total. The van der Waals surface area contributed by atoms with E-state index in [1.54, 1.807) is 0 Å². The molecule has 0 bridgehead atoms. The number of piperidine rings is 3. The van der Waals surface area contributed by atoms with E-state index in [2.05, 4.69) is 121 Å². The molecule has 0 N–H and O–H groups in total. The molecule has 0 aliphatic carbocycles. The Balaban J connectivity index is -0.000000217. The topological polar surface area (TPSA) is 13.0 Å². The predicted octanol–water partition coefficient (Wildman–Crippen LogP) is 7.70. The molecule has 3 fully saturated rings. The second-order valence-electron chi connectivity index (χ2n) is 9.82. The number of rotatable bonds is 4. The van der Waals surface area contributed by atoms with Gasteiger partial charge < -0.3 is 0 Å². The van der Waals surface area contributed by atoms with Gasteiger partial charge in [0.2, 0.25) is 0 Å². The van der Waals surface area contributed by atoms with Crippen molar-refractivity contribution in [1.29, 1.82) is 0 Å². The van der Waals surface area contributed by atoms with Crippen LogP contribution in [0.1, 0.15) is 85.5 Å². The fourth-order valence-electron chi connectivity index (χ4n) is 3.83. The fourth-order valence-corrected chi connectivity index (χ4v) is 21.4. The molecule has 0 unspecified atom stereocenters. The summed E-state index contributed by atoms with van der Waals surface area (Å²) in [6.45, 7) is 17.3. The summed E-state index contributed by atoms with van der Waals surface area (Å²) in [4.78, 5) is 0. The molecule has 0 aromatic carbocycles. The number of allylic oxidation sites excluding steroid dienone is 2. The minimum absolute atomic E-state index is 0.955. The van der Waals surface area contributed by atoms with Crippen LogP contribution in [0.15, 0.2) is 24.4 Å². The molecule has 4 aliphatic rings. The summed E-state index contributed by atoms with van der Waals surface area (Å²) in [5.74, 6) is 0. The number of hydrogen-bond acceptors (Lipinski definition) is 4. The molecule has 0 amide bonds. The van der Waals surface area contributed by atoms with Gasteiger partial charge in [0, 0.05) is 0 Å². The van der Waals surface area contributed by atoms with Crippen LogP contribution in [0.2, 0.25) is 21.3 Å². The molecule has 4 heterocycles. The van der Waals surface area contributed by atoms with Crippen molar-refractivity contribution >= 4 is 97.0 Å². The normalized spacial score (nSPS) is 17.0. The average molecular weight is 1710 g/mol. The van der Waals surface area contributed by atoms with Crippen molar-refractivity contribution in [2.45, 2.75) is 107 Å². The molecule has 252 valence electrons. The molecule has 4 rings (SSSR count). The van der Waals surface area contributed by atoms with Crippen LogP contribution in [-0.4, -0.2) is 121 Å². The van der Waals surface area contributed by atoms with Gasteiger partial charge in [0.25, 0.3) is 0 Å². The summed E-state index contributed by atoms with van der Waals surface area (Å²) < 4.78 is 9.75. The second-order valence-corrected chi connectivity index (χ2v) is 40.8. The first kappa shape index (κ1) is 56.9. The van der Waals surface area contributed by atoms with Crippen LogP contribution in [0, 0.1) is 0 Å². The Labute approximate surface area is 372 Å². The summed E-state index contributed by atoms with van der Waals surface area (Å²) in [5.41, 5.74) is 0. The Kier molecular flexibility index (Phi) is 69.1. The molecule has 4 aliphatic heterocycles. The summed E-state index contributed by atoms with van der Waals surface area (Å²) >= 11 is 5.90. The Morgan fingerprint density at radius 3 is 0.886 bits per heavy atom. The van der Waals surface area contributed by atoms with E-state index in [1.165, 1.54) is 118 Å². The summed E-state index contributed by atoms with van der Waals surface area (Å²) in [6, 6.07) is 0. The van der Waals surface area contributed by atoms with E-state index in [9.17, 15) is 0 Å². The molecule has 0 saturated carbocycles. The molecule has 44 heavy (non-hydrogen) atoms. The van der Waals surface area contributed by atoms with E-state index in [0.29, 0.717) is 0 Å². The molecule has 16 heteroatoms. The molecular formula is C28H60Cl4Hg4N4Se4. The first-order chi connectivity index (χ1) is 21.4. The molecule has 3 saturated heterocycles. The monoisotopic (exact) mass is 1720 g/mol. The van der Waals surface area contributed by atoms with Crippen LogP contribution in [-0.2, 0) is 94.6 Å². The van der Waals surface area contributed by atoms with Gasteiger partial charge in [0.1, 0.15) is 0 Å². The summed E-state index contributed by atoms with van der Waals surface area (Å²) in [6.07, 6.45) is 21.0. The van der Waals surface area contributed by atoms with Gasteiger partial charge in [-0.3, -0.25) is 0 Å². The molecule has 0 spiro atoms. The van der Waals surface area contributed by atoms with Gasteiger partial charge in [-0.15, -0.1) is 0 Å². The number of nitrogens with zero attached hydrogens (tertiary/aromatic N) is 4. The second kappa shape index (κ2) is 53.5. The first-order valence-electron chi connectivity index (χ1n) is 16.3. The molecule has 0 atom stereocenters. The van der Waals surface area contributed by atoms with Crippen molar-refractivity contribution in [2.75, 3.05) is 45.8 Å². The molecule has 0 radical (unpaired) electrons. The standard InChI is InChI=1S/3C5H10N.C5H6N.4C2H6Se.4ClH.4Hg/c4*1-2-4-6-5-3-1;4*1-2-3;;;;;;;;/h3*1-5H2;1-4H,5H2;4*3H,2H2,1H3;4*1H;;;;/q4*-1;;;;;;;;;4*+2/p-4. The third kappa shape index (κ3) is 50.2. The zero-order chi connectivity index (χ0) is 34.1. The van der Waals surface area contributed by atoms with Gasteiger partial charge in [0.15, 0.2) is 0 Å². The van der Waals surface area contributed by atoms with Gasteiger partial charge in [0.05, 0.1) is 0 Å². The van der Waals surface area contributed by atoms with E-state index in [1.807, 2.05) is 6.08 Å². The third-order valence-corrected chi connectivity index (χ3v) is 31.8. The maximum absolute atomic E-state index is 5.83. The van der Waals surface area contributed by atoms with Crippen molar-refractivity contribution in [3.8, 4) is 0 Å². The number of halogens is 4.